The number of anilines is 1. The Morgan fingerprint density at radius 3 is 1.96 bits per heavy atom. The summed E-state index contributed by atoms with van der Waals surface area (Å²) in [6.45, 7) is 1.73. The predicted octanol–water partition coefficient (Wildman–Crippen LogP) is 2.82. The zero-order valence-corrected chi connectivity index (χ0v) is 14.2. The van der Waals surface area contributed by atoms with Gasteiger partial charge in [-0.3, -0.25) is 4.72 Å². The first-order chi connectivity index (χ1) is 10.9. The van der Waals surface area contributed by atoms with Crippen molar-refractivity contribution in [3.63, 3.8) is 0 Å². The van der Waals surface area contributed by atoms with Gasteiger partial charge in [0.1, 0.15) is 22.9 Å². The van der Waals surface area contributed by atoms with Gasteiger partial charge in [-0.05, 0) is 18.6 Å². The third-order valence-corrected chi connectivity index (χ3v) is 4.84. The highest BCUT2D eigenvalue weighted by Gasteiger charge is 2.22. The molecule has 124 valence electrons. The number of hydrogen-bond donors (Lipinski definition) is 1. The number of hydrogen-bond acceptors (Lipinski definition) is 5. The van der Waals surface area contributed by atoms with Crippen LogP contribution in [0.15, 0.2) is 41.3 Å². The minimum atomic E-state index is -3.78. The predicted molar refractivity (Wildman–Crippen MR) is 88.1 cm³/mol. The second-order valence-corrected chi connectivity index (χ2v) is 6.43. The average Bonchev–Trinajstić information content (AvgIpc) is 2.54. The van der Waals surface area contributed by atoms with E-state index in [2.05, 4.69) is 4.72 Å². The Hall–Kier alpha value is -2.41. The van der Waals surface area contributed by atoms with E-state index in [1.807, 2.05) is 0 Å². The zero-order chi connectivity index (χ0) is 17.0. The first-order valence-electron chi connectivity index (χ1n) is 6.81. The van der Waals surface area contributed by atoms with Gasteiger partial charge in [0.05, 0.1) is 26.2 Å². The van der Waals surface area contributed by atoms with Crippen LogP contribution < -0.4 is 18.9 Å². The van der Waals surface area contributed by atoms with E-state index >= 15 is 0 Å². The van der Waals surface area contributed by atoms with Crippen LogP contribution in [0.5, 0.6) is 17.2 Å². The highest BCUT2D eigenvalue weighted by molar-refractivity contribution is 7.92. The lowest BCUT2D eigenvalue weighted by Crippen LogP contribution is -2.15. The van der Waals surface area contributed by atoms with E-state index in [0.717, 1.165) is 0 Å². The lowest BCUT2D eigenvalue weighted by atomic mass is 10.2. The van der Waals surface area contributed by atoms with Crippen LogP contribution >= 0.6 is 0 Å². The molecule has 0 radical (unpaired) electrons. The van der Waals surface area contributed by atoms with Crippen molar-refractivity contribution in [1.29, 1.82) is 0 Å². The van der Waals surface area contributed by atoms with Crippen LogP contribution in [-0.4, -0.2) is 29.7 Å². The average molecular weight is 337 g/mol. The monoisotopic (exact) mass is 337 g/mol. The minimum absolute atomic E-state index is 0.194. The molecule has 0 aliphatic heterocycles. The molecule has 7 heteroatoms. The quantitative estimate of drug-likeness (QED) is 0.877. The van der Waals surface area contributed by atoms with Gasteiger partial charge in [0.15, 0.2) is 0 Å². The lowest BCUT2D eigenvalue weighted by molar-refractivity contribution is 0.378. The van der Waals surface area contributed by atoms with E-state index in [4.69, 9.17) is 14.2 Å². The Labute approximate surface area is 136 Å². The van der Waals surface area contributed by atoms with Crippen molar-refractivity contribution in [2.45, 2.75) is 11.8 Å². The highest BCUT2D eigenvalue weighted by atomic mass is 32.2. The molecule has 0 bridgehead atoms. The fourth-order valence-electron chi connectivity index (χ4n) is 2.15. The van der Waals surface area contributed by atoms with Crippen LogP contribution in [0.2, 0.25) is 0 Å². The van der Waals surface area contributed by atoms with E-state index < -0.39 is 10.0 Å². The largest absolute Gasteiger partial charge is 0.496 e. The van der Waals surface area contributed by atoms with Gasteiger partial charge in [-0.25, -0.2) is 8.42 Å². The number of benzene rings is 2. The summed E-state index contributed by atoms with van der Waals surface area (Å²) in [7, 11) is 0.614. The maximum absolute atomic E-state index is 12.7. The minimum Gasteiger partial charge on any atom is -0.496 e. The maximum atomic E-state index is 12.7. The van der Waals surface area contributed by atoms with E-state index in [1.165, 1.54) is 21.3 Å². The van der Waals surface area contributed by atoms with Gasteiger partial charge in [0.2, 0.25) is 0 Å². The molecule has 0 aliphatic rings. The van der Waals surface area contributed by atoms with Gasteiger partial charge in [-0.1, -0.05) is 18.2 Å². The molecule has 2 aromatic carbocycles. The normalized spacial score (nSPS) is 11.0. The molecule has 0 saturated heterocycles. The summed E-state index contributed by atoms with van der Waals surface area (Å²) < 4.78 is 43.5. The summed E-state index contributed by atoms with van der Waals surface area (Å²) in [4.78, 5) is 0.194. The molecular formula is C16H19NO5S. The molecule has 0 atom stereocenters. The SMILES string of the molecule is COc1cc(OC)c(NS(=O)(=O)c2ccccc2C)c(OC)c1. The number of rotatable bonds is 6. The van der Waals surface area contributed by atoms with E-state index in [-0.39, 0.29) is 10.6 Å². The fourth-order valence-corrected chi connectivity index (χ4v) is 3.48. The fraction of sp³-hybridized carbons (Fsp3) is 0.250. The molecular weight excluding hydrogens is 318 g/mol. The van der Waals surface area contributed by atoms with Crippen LogP contribution in [0.3, 0.4) is 0 Å². The summed E-state index contributed by atoms with van der Waals surface area (Å²) >= 11 is 0. The van der Waals surface area contributed by atoms with Gasteiger partial charge in [-0.2, -0.15) is 0 Å². The topological polar surface area (TPSA) is 73.9 Å². The number of sulfonamides is 1. The molecule has 0 fully saturated rings. The van der Waals surface area contributed by atoms with Gasteiger partial charge < -0.3 is 14.2 Å². The van der Waals surface area contributed by atoms with Crippen molar-refractivity contribution in [2.75, 3.05) is 26.1 Å². The van der Waals surface area contributed by atoms with Crippen molar-refractivity contribution < 1.29 is 22.6 Å². The second-order valence-electron chi connectivity index (χ2n) is 4.78. The first kappa shape index (κ1) is 17.0. The molecule has 2 rings (SSSR count). The van der Waals surface area contributed by atoms with Crippen LogP contribution in [0.1, 0.15) is 5.56 Å². The Morgan fingerprint density at radius 1 is 0.913 bits per heavy atom. The van der Waals surface area contributed by atoms with Crippen molar-refractivity contribution in [2.24, 2.45) is 0 Å². The molecule has 23 heavy (non-hydrogen) atoms. The third-order valence-electron chi connectivity index (χ3n) is 3.33. The summed E-state index contributed by atoms with van der Waals surface area (Å²) in [5.41, 5.74) is 0.866. The smallest absolute Gasteiger partial charge is 0.262 e. The summed E-state index contributed by atoms with van der Waals surface area (Å²) in [6, 6.07) is 9.89. The third kappa shape index (κ3) is 3.50. The van der Waals surface area contributed by atoms with Crippen LogP contribution in [0.4, 0.5) is 5.69 Å². The van der Waals surface area contributed by atoms with Gasteiger partial charge in [-0.15, -0.1) is 0 Å². The van der Waals surface area contributed by atoms with E-state index in [9.17, 15) is 8.42 Å². The molecule has 0 heterocycles. The van der Waals surface area contributed by atoms with E-state index in [1.54, 1.807) is 43.3 Å². The standard InChI is InChI=1S/C16H19NO5S/c1-11-7-5-6-8-15(11)23(18,19)17-16-13(21-3)9-12(20-2)10-14(16)22-4/h5-10,17H,1-4H3. The molecule has 2 aromatic rings. The molecule has 0 saturated carbocycles. The molecule has 0 unspecified atom stereocenters. The second kappa shape index (κ2) is 6.78. The Morgan fingerprint density at radius 2 is 1.48 bits per heavy atom. The number of ether oxygens (including phenoxy) is 3. The van der Waals surface area contributed by atoms with Crippen molar-refractivity contribution in [3.8, 4) is 17.2 Å². The Bertz CT molecular complexity index is 777. The van der Waals surface area contributed by atoms with E-state index in [0.29, 0.717) is 22.8 Å². The lowest BCUT2D eigenvalue weighted by Gasteiger charge is -2.17. The van der Waals surface area contributed by atoms with Crippen molar-refractivity contribution >= 4 is 15.7 Å². The molecule has 0 aliphatic carbocycles. The zero-order valence-electron chi connectivity index (χ0n) is 13.4. The maximum Gasteiger partial charge on any atom is 0.262 e. The Kier molecular flexibility index (Phi) is 5.00. The Balaban J connectivity index is 2.53. The molecule has 0 aromatic heterocycles. The summed E-state index contributed by atoms with van der Waals surface area (Å²) in [5, 5.41) is 0. The van der Waals surface area contributed by atoms with Crippen LogP contribution in [0.25, 0.3) is 0 Å². The molecule has 6 nitrogen and oxygen atoms in total. The van der Waals surface area contributed by atoms with Gasteiger partial charge in [0, 0.05) is 12.1 Å². The summed E-state index contributed by atoms with van der Waals surface area (Å²) in [6.07, 6.45) is 0. The highest BCUT2D eigenvalue weighted by Crippen LogP contribution is 2.40. The molecule has 0 spiro atoms. The first-order valence-corrected chi connectivity index (χ1v) is 8.29. The number of nitrogens with one attached hydrogen (secondary N) is 1. The number of methoxy groups -OCH3 is 3. The molecule has 1 N–H and O–H groups in total. The van der Waals surface area contributed by atoms with Gasteiger partial charge in [0.25, 0.3) is 10.0 Å². The van der Waals surface area contributed by atoms with Crippen LogP contribution in [0, 0.1) is 6.92 Å². The summed E-state index contributed by atoms with van der Waals surface area (Å²) in [5.74, 6) is 1.11. The van der Waals surface area contributed by atoms with Gasteiger partial charge >= 0.3 is 0 Å². The van der Waals surface area contributed by atoms with Crippen molar-refractivity contribution in [1.82, 2.24) is 0 Å². The van der Waals surface area contributed by atoms with Crippen LogP contribution in [-0.2, 0) is 10.0 Å². The van der Waals surface area contributed by atoms with Crippen molar-refractivity contribution in [3.05, 3.63) is 42.0 Å². The number of aryl methyl sites for hydroxylation is 1. The molecule has 0 amide bonds.